The van der Waals surface area contributed by atoms with E-state index in [0.29, 0.717) is 19.0 Å². The van der Waals surface area contributed by atoms with Crippen LogP contribution in [0.25, 0.3) is 0 Å². The van der Waals surface area contributed by atoms with E-state index in [1.165, 1.54) is 12.3 Å². The number of pyridine rings is 1. The van der Waals surface area contributed by atoms with Gasteiger partial charge in [-0.25, -0.2) is 4.98 Å². The van der Waals surface area contributed by atoms with Gasteiger partial charge < -0.3 is 9.74 Å². The number of rotatable bonds is 6. The van der Waals surface area contributed by atoms with Crippen LogP contribution in [0.15, 0.2) is 18.3 Å². The molecule has 0 aliphatic heterocycles. The molecule has 20 heavy (non-hydrogen) atoms. The molecule has 0 aromatic carbocycles. The van der Waals surface area contributed by atoms with E-state index in [2.05, 4.69) is 44.2 Å². The van der Waals surface area contributed by atoms with Crippen molar-refractivity contribution in [1.29, 1.82) is 0 Å². The SMILES string of the molecule is CC(C)(C)[Si](C)(C)OCCNc1ccc([N+](=O)[O-])cn1. The zero-order chi connectivity index (χ0) is 15.4. The highest BCUT2D eigenvalue weighted by molar-refractivity contribution is 6.74. The summed E-state index contributed by atoms with van der Waals surface area (Å²) < 4.78 is 6.02. The molecule has 0 saturated carbocycles. The third-order valence-electron chi connectivity index (χ3n) is 3.64. The first-order chi connectivity index (χ1) is 9.13. The predicted octanol–water partition coefficient (Wildman–Crippen LogP) is 3.42. The predicted molar refractivity (Wildman–Crippen MR) is 82.5 cm³/mol. The lowest BCUT2D eigenvalue weighted by Crippen LogP contribution is -2.41. The van der Waals surface area contributed by atoms with E-state index in [1.54, 1.807) is 6.07 Å². The van der Waals surface area contributed by atoms with Crippen LogP contribution in [0, 0.1) is 10.1 Å². The average molecular weight is 297 g/mol. The van der Waals surface area contributed by atoms with Gasteiger partial charge in [0, 0.05) is 12.6 Å². The summed E-state index contributed by atoms with van der Waals surface area (Å²) in [6.45, 7) is 12.3. The smallest absolute Gasteiger partial charge is 0.287 e. The monoisotopic (exact) mass is 297 g/mol. The summed E-state index contributed by atoms with van der Waals surface area (Å²) in [5.41, 5.74) is -0.00641. The Bertz CT molecular complexity index is 455. The summed E-state index contributed by atoms with van der Waals surface area (Å²) in [7, 11) is -1.72. The maximum atomic E-state index is 10.5. The number of nitrogens with one attached hydrogen (secondary N) is 1. The highest BCUT2D eigenvalue weighted by Crippen LogP contribution is 2.36. The minimum absolute atomic E-state index is 0.00641. The molecule has 0 bridgehead atoms. The second-order valence-corrected chi connectivity index (χ2v) is 11.0. The molecule has 112 valence electrons. The molecule has 0 amide bonds. The van der Waals surface area contributed by atoms with Gasteiger partial charge in [-0.3, -0.25) is 10.1 Å². The third kappa shape index (κ3) is 4.57. The van der Waals surface area contributed by atoms with Gasteiger partial charge in [-0.2, -0.15) is 0 Å². The van der Waals surface area contributed by atoms with Crippen molar-refractivity contribution in [2.24, 2.45) is 0 Å². The van der Waals surface area contributed by atoms with Crippen LogP contribution in [-0.2, 0) is 4.43 Å². The number of hydrogen-bond acceptors (Lipinski definition) is 5. The van der Waals surface area contributed by atoms with Crippen LogP contribution < -0.4 is 5.32 Å². The number of hydrogen-bond donors (Lipinski definition) is 1. The van der Waals surface area contributed by atoms with E-state index in [9.17, 15) is 10.1 Å². The van der Waals surface area contributed by atoms with Crippen molar-refractivity contribution >= 4 is 19.8 Å². The van der Waals surface area contributed by atoms with Crippen LogP contribution in [0.3, 0.4) is 0 Å². The molecule has 0 spiro atoms. The molecule has 0 atom stereocenters. The second-order valence-electron chi connectivity index (χ2n) is 6.19. The van der Waals surface area contributed by atoms with E-state index in [-0.39, 0.29) is 10.7 Å². The van der Waals surface area contributed by atoms with Gasteiger partial charge in [-0.05, 0) is 24.2 Å². The first kappa shape index (κ1) is 16.6. The topological polar surface area (TPSA) is 77.3 Å². The quantitative estimate of drug-likeness (QED) is 0.377. The van der Waals surface area contributed by atoms with Crippen molar-refractivity contribution in [1.82, 2.24) is 4.98 Å². The van der Waals surface area contributed by atoms with Crippen molar-refractivity contribution in [2.45, 2.75) is 38.9 Å². The number of anilines is 1. The summed E-state index contributed by atoms with van der Waals surface area (Å²) in [6, 6.07) is 3.04. The van der Waals surface area contributed by atoms with Gasteiger partial charge in [-0.15, -0.1) is 0 Å². The second kappa shape index (κ2) is 6.32. The van der Waals surface area contributed by atoms with Crippen molar-refractivity contribution in [2.75, 3.05) is 18.5 Å². The minimum atomic E-state index is -1.72. The summed E-state index contributed by atoms with van der Waals surface area (Å²) in [6.07, 6.45) is 1.25. The number of nitrogens with zero attached hydrogens (tertiary/aromatic N) is 2. The van der Waals surface area contributed by atoms with Crippen LogP contribution in [0.4, 0.5) is 11.5 Å². The lowest BCUT2D eigenvalue weighted by Gasteiger charge is -2.36. The summed E-state index contributed by atoms with van der Waals surface area (Å²) in [4.78, 5) is 14.0. The van der Waals surface area contributed by atoms with Gasteiger partial charge >= 0.3 is 0 Å². The highest BCUT2D eigenvalue weighted by atomic mass is 28.4. The van der Waals surface area contributed by atoms with E-state index in [1.807, 2.05) is 0 Å². The van der Waals surface area contributed by atoms with Crippen LogP contribution >= 0.6 is 0 Å². The van der Waals surface area contributed by atoms with E-state index in [0.717, 1.165) is 0 Å². The molecule has 0 saturated heterocycles. The Balaban J connectivity index is 2.40. The van der Waals surface area contributed by atoms with Gasteiger partial charge in [0.2, 0.25) is 0 Å². The lowest BCUT2D eigenvalue weighted by molar-refractivity contribution is -0.385. The van der Waals surface area contributed by atoms with Crippen LogP contribution in [-0.4, -0.2) is 31.4 Å². The Morgan fingerprint density at radius 2 is 2.05 bits per heavy atom. The molecule has 1 aromatic heterocycles. The zero-order valence-corrected chi connectivity index (χ0v) is 13.8. The zero-order valence-electron chi connectivity index (χ0n) is 12.8. The maximum Gasteiger partial charge on any atom is 0.287 e. The fourth-order valence-electron chi connectivity index (χ4n) is 1.30. The maximum absolute atomic E-state index is 10.5. The van der Waals surface area contributed by atoms with Crippen molar-refractivity contribution in [3.05, 3.63) is 28.4 Å². The molecule has 1 rings (SSSR count). The van der Waals surface area contributed by atoms with Gasteiger partial charge in [0.15, 0.2) is 8.32 Å². The van der Waals surface area contributed by atoms with Gasteiger partial charge in [0.25, 0.3) is 5.69 Å². The Hall–Kier alpha value is -1.47. The third-order valence-corrected chi connectivity index (χ3v) is 8.17. The number of aromatic nitrogens is 1. The molecule has 6 nitrogen and oxygen atoms in total. The Morgan fingerprint density at radius 1 is 1.40 bits per heavy atom. The Labute approximate surface area is 120 Å². The summed E-state index contributed by atoms with van der Waals surface area (Å²) in [5.74, 6) is 0.620. The van der Waals surface area contributed by atoms with Gasteiger partial charge in [0.1, 0.15) is 12.0 Å². The van der Waals surface area contributed by atoms with Gasteiger partial charge in [0.05, 0.1) is 11.5 Å². The molecule has 0 aliphatic rings. The van der Waals surface area contributed by atoms with E-state index in [4.69, 9.17) is 4.43 Å². The first-order valence-corrected chi connectivity index (χ1v) is 9.52. The van der Waals surface area contributed by atoms with Gasteiger partial charge in [-0.1, -0.05) is 20.8 Å². The molecule has 1 heterocycles. The molecular formula is C13H23N3O3Si. The normalized spacial score (nSPS) is 12.2. The van der Waals surface area contributed by atoms with Crippen molar-refractivity contribution in [3.63, 3.8) is 0 Å². The molecule has 0 fully saturated rings. The number of nitro groups is 1. The standard InChI is InChI=1S/C13H23N3O3Si/c1-13(2,3)20(4,5)19-9-8-14-12-7-6-11(10-15-12)16(17)18/h6-7,10H,8-9H2,1-5H3,(H,14,15). The molecule has 1 N–H and O–H groups in total. The van der Waals surface area contributed by atoms with Crippen LogP contribution in [0.5, 0.6) is 0 Å². The lowest BCUT2D eigenvalue weighted by atomic mass is 10.2. The molecule has 0 radical (unpaired) electrons. The van der Waals surface area contributed by atoms with E-state index < -0.39 is 13.2 Å². The fraction of sp³-hybridized carbons (Fsp3) is 0.615. The molecule has 7 heteroatoms. The Morgan fingerprint density at radius 3 is 2.50 bits per heavy atom. The molecular weight excluding hydrogens is 274 g/mol. The largest absolute Gasteiger partial charge is 0.415 e. The van der Waals surface area contributed by atoms with Crippen molar-refractivity contribution < 1.29 is 9.35 Å². The van der Waals surface area contributed by atoms with E-state index >= 15 is 0 Å². The molecule has 1 aromatic rings. The highest BCUT2D eigenvalue weighted by Gasteiger charge is 2.36. The molecule has 0 unspecified atom stereocenters. The van der Waals surface area contributed by atoms with Crippen molar-refractivity contribution in [3.8, 4) is 0 Å². The Kier molecular flexibility index (Phi) is 5.24. The summed E-state index contributed by atoms with van der Waals surface area (Å²) >= 11 is 0. The summed E-state index contributed by atoms with van der Waals surface area (Å²) in [5, 5.41) is 13.8. The fourth-order valence-corrected chi connectivity index (χ4v) is 2.35. The minimum Gasteiger partial charge on any atom is -0.415 e. The average Bonchev–Trinajstić information content (AvgIpc) is 2.34. The molecule has 0 aliphatic carbocycles. The van der Waals surface area contributed by atoms with Crippen LogP contribution in [0.1, 0.15) is 20.8 Å². The first-order valence-electron chi connectivity index (χ1n) is 6.62. The van der Waals surface area contributed by atoms with Crippen LogP contribution in [0.2, 0.25) is 18.1 Å².